The van der Waals surface area contributed by atoms with E-state index >= 15 is 0 Å². The SMILES string of the molecule is CC/C=C\C/C=C\C/C=C\C/C=C\CCCCCCCCCCCCCCCCC(=O)OCC(COC(=O)CCCCCCCCCCCCCC)OC(=O)CCCCCCCCCCCCCCCCCCCCCC. The van der Waals surface area contributed by atoms with E-state index in [-0.39, 0.29) is 31.1 Å². The van der Waals surface area contributed by atoms with Crippen LogP contribution in [0.15, 0.2) is 48.6 Å². The molecule has 0 aliphatic heterocycles. The molecule has 0 saturated carbocycles. The van der Waals surface area contributed by atoms with Crippen molar-refractivity contribution in [1.82, 2.24) is 0 Å². The Morgan fingerprint density at radius 2 is 0.506 bits per heavy atom. The van der Waals surface area contributed by atoms with Crippen LogP contribution in [0.1, 0.15) is 367 Å². The standard InChI is InChI=1S/C71H130O6/c1-4-7-10-13-16-19-22-25-27-29-31-33-34-35-36-37-38-39-41-42-44-46-49-52-55-58-61-64-70(73)76-67-68(66-75-69(72)63-60-57-54-51-48-24-21-18-15-12-9-6-3)77-71(74)65-62-59-56-53-50-47-45-43-40-32-30-28-26-23-20-17-14-11-8-5-2/h7,10,16,19,25,27,31,33,68H,4-6,8-9,11-15,17-18,20-24,26,28-30,32,34-67H2,1-3H3/b10-7-,19-16-,27-25-,33-31-. The maximum absolute atomic E-state index is 12.9. The quantitative estimate of drug-likeness (QED) is 0.0261. The van der Waals surface area contributed by atoms with E-state index in [0.717, 1.165) is 83.5 Å². The lowest BCUT2D eigenvalue weighted by molar-refractivity contribution is -0.167. The molecule has 0 N–H and O–H groups in total. The second kappa shape index (κ2) is 65.9. The van der Waals surface area contributed by atoms with Gasteiger partial charge < -0.3 is 14.2 Å². The molecule has 0 fully saturated rings. The molecule has 0 heterocycles. The first-order chi connectivity index (χ1) is 38.0. The molecule has 0 aromatic rings. The molecule has 0 radical (unpaired) electrons. The summed E-state index contributed by atoms with van der Waals surface area (Å²) in [6, 6.07) is 0. The Morgan fingerprint density at radius 3 is 0.792 bits per heavy atom. The van der Waals surface area contributed by atoms with E-state index in [1.165, 1.54) is 244 Å². The molecule has 0 spiro atoms. The number of ether oxygens (including phenoxy) is 3. The lowest BCUT2D eigenvalue weighted by Gasteiger charge is -2.18. The normalized spacial score (nSPS) is 12.3. The third-order valence-corrected chi connectivity index (χ3v) is 15.3. The summed E-state index contributed by atoms with van der Waals surface area (Å²) < 4.78 is 17.0. The Kier molecular flexibility index (Phi) is 63.6. The Balaban J connectivity index is 4.20. The molecule has 0 aliphatic carbocycles. The van der Waals surface area contributed by atoms with Crippen molar-refractivity contribution < 1.29 is 28.6 Å². The predicted octanol–water partition coefficient (Wildman–Crippen LogP) is 23.3. The second-order valence-electron chi connectivity index (χ2n) is 23.1. The van der Waals surface area contributed by atoms with Gasteiger partial charge in [-0.05, 0) is 57.8 Å². The average Bonchev–Trinajstić information content (AvgIpc) is 3.43. The first-order valence-corrected chi connectivity index (χ1v) is 34.1. The average molecular weight is 1080 g/mol. The van der Waals surface area contributed by atoms with Crippen LogP contribution in [0.4, 0.5) is 0 Å². The maximum Gasteiger partial charge on any atom is 0.306 e. The molecule has 0 amide bonds. The largest absolute Gasteiger partial charge is 0.462 e. The van der Waals surface area contributed by atoms with Gasteiger partial charge >= 0.3 is 17.9 Å². The summed E-state index contributed by atoms with van der Waals surface area (Å²) in [5.41, 5.74) is 0. The zero-order valence-corrected chi connectivity index (χ0v) is 51.7. The summed E-state index contributed by atoms with van der Waals surface area (Å²) in [6.45, 7) is 6.59. The van der Waals surface area contributed by atoms with E-state index in [0.29, 0.717) is 19.3 Å². The van der Waals surface area contributed by atoms with Crippen LogP contribution in [0.2, 0.25) is 0 Å². The van der Waals surface area contributed by atoms with Crippen molar-refractivity contribution in [3.05, 3.63) is 48.6 Å². The summed E-state index contributed by atoms with van der Waals surface area (Å²) in [7, 11) is 0. The summed E-state index contributed by atoms with van der Waals surface area (Å²) in [5.74, 6) is -0.840. The Bertz CT molecular complexity index is 1330. The Labute approximate surface area is 479 Å². The summed E-state index contributed by atoms with van der Waals surface area (Å²) in [6.07, 6.45) is 82.8. The highest BCUT2D eigenvalue weighted by Crippen LogP contribution is 2.18. The molecule has 77 heavy (non-hydrogen) atoms. The minimum atomic E-state index is -0.769. The van der Waals surface area contributed by atoms with Gasteiger partial charge in [0.25, 0.3) is 0 Å². The highest BCUT2D eigenvalue weighted by molar-refractivity contribution is 5.71. The van der Waals surface area contributed by atoms with Gasteiger partial charge in [0.15, 0.2) is 6.10 Å². The van der Waals surface area contributed by atoms with Gasteiger partial charge in [-0.25, -0.2) is 0 Å². The number of rotatable bonds is 63. The van der Waals surface area contributed by atoms with E-state index in [2.05, 4.69) is 69.4 Å². The minimum Gasteiger partial charge on any atom is -0.462 e. The van der Waals surface area contributed by atoms with E-state index in [4.69, 9.17) is 14.2 Å². The van der Waals surface area contributed by atoms with Crippen molar-refractivity contribution in [2.75, 3.05) is 13.2 Å². The van der Waals surface area contributed by atoms with E-state index in [1.807, 2.05) is 0 Å². The number of allylic oxidation sites excluding steroid dienone is 8. The first kappa shape index (κ1) is 74.4. The van der Waals surface area contributed by atoms with Crippen LogP contribution in [-0.2, 0) is 28.6 Å². The summed E-state index contributed by atoms with van der Waals surface area (Å²) in [5, 5.41) is 0. The number of hydrogen-bond donors (Lipinski definition) is 0. The molecular weight excluding hydrogens is 949 g/mol. The van der Waals surface area contributed by atoms with Gasteiger partial charge in [0.2, 0.25) is 0 Å². The Morgan fingerprint density at radius 1 is 0.273 bits per heavy atom. The van der Waals surface area contributed by atoms with Gasteiger partial charge in [-0.15, -0.1) is 0 Å². The van der Waals surface area contributed by atoms with Crippen molar-refractivity contribution in [3.63, 3.8) is 0 Å². The summed E-state index contributed by atoms with van der Waals surface area (Å²) in [4.78, 5) is 38.4. The van der Waals surface area contributed by atoms with E-state index < -0.39 is 6.10 Å². The second-order valence-corrected chi connectivity index (χ2v) is 23.1. The molecule has 6 nitrogen and oxygen atoms in total. The lowest BCUT2D eigenvalue weighted by atomic mass is 10.0. The van der Waals surface area contributed by atoms with Crippen LogP contribution in [0.5, 0.6) is 0 Å². The van der Waals surface area contributed by atoms with Crippen molar-refractivity contribution >= 4 is 17.9 Å². The van der Waals surface area contributed by atoms with Crippen LogP contribution in [0, 0.1) is 0 Å². The van der Waals surface area contributed by atoms with Crippen LogP contribution < -0.4 is 0 Å². The van der Waals surface area contributed by atoms with Gasteiger partial charge in [0, 0.05) is 19.3 Å². The molecular formula is C71H130O6. The molecule has 6 heteroatoms. The van der Waals surface area contributed by atoms with E-state index in [1.54, 1.807) is 0 Å². The van der Waals surface area contributed by atoms with Crippen molar-refractivity contribution in [2.45, 2.75) is 374 Å². The van der Waals surface area contributed by atoms with Crippen molar-refractivity contribution in [2.24, 2.45) is 0 Å². The van der Waals surface area contributed by atoms with Crippen LogP contribution >= 0.6 is 0 Å². The van der Waals surface area contributed by atoms with Crippen molar-refractivity contribution in [1.29, 1.82) is 0 Å². The van der Waals surface area contributed by atoms with Crippen molar-refractivity contribution in [3.8, 4) is 0 Å². The molecule has 0 bridgehead atoms. The molecule has 1 unspecified atom stereocenters. The number of hydrogen-bond acceptors (Lipinski definition) is 6. The van der Waals surface area contributed by atoms with Gasteiger partial charge in [-0.1, -0.05) is 339 Å². The van der Waals surface area contributed by atoms with Crippen LogP contribution in [-0.4, -0.2) is 37.2 Å². The maximum atomic E-state index is 12.9. The highest BCUT2D eigenvalue weighted by atomic mass is 16.6. The zero-order chi connectivity index (χ0) is 55.7. The van der Waals surface area contributed by atoms with E-state index in [9.17, 15) is 14.4 Å². The molecule has 0 aromatic heterocycles. The lowest BCUT2D eigenvalue weighted by Crippen LogP contribution is -2.30. The fraction of sp³-hybridized carbons (Fsp3) is 0.845. The predicted molar refractivity (Wildman–Crippen MR) is 335 cm³/mol. The van der Waals surface area contributed by atoms with Crippen LogP contribution in [0.3, 0.4) is 0 Å². The van der Waals surface area contributed by atoms with Crippen LogP contribution in [0.25, 0.3) is 0 Å². The third kappa shape index (κ3) is 64.1. The van der Waals surface area contributed by atoms with Gasteiger partial charge in [0.05, 0.1) is 0 Å². The molecule has 0 aliphatic rings. The fourth-order valence-electron chi connectivity index (χ4n) is 10.3. The molecule has 450 valence electrons. The van der Waals surface area contributed by atoms with Gasteiger partial charge in [-0.3, -0.25) is 14.4 Å². The number of unbranched alkanes of at least 4 members (excludes halogenated alkanes) is 44. The third-order valence-electron chi connectivity index (χ3n) is 15.3. The molecule has 0 saturated heterocycles. The number of esters is 3. The smallest absolute Gasteiger partial charge is 0.306 e. The molecule has 0 aromatic carbocycles. The Hall–Kier alpha value is -2.63. The minimum absolute atomic E-state index is 0.0663. The van der Waals surface area contributed by atoms with Gasteiger partial charge in [0.1, 0.15) is 13.2 Å². The first-order valence-electron chi connectivity index (χ1n) is 34.1. The molecule has 0 rings (SSSR count). The zero-order valence-electron chi connectivity index (χ0n) is 51.7. The monoisotopic (exact) mass is 1080 g/mol. The number of carbonyl (C=O) groups excluding carboxylic acids is 3. The number of carbonyl (C=O) groups is 3. The molecule has 1 atom stereocenters. The highest BCUT2D eigenvalue weighted by Gasteiger charge is 2.19. The summed E-state index contributed by atoms with van der Waals surface area (Å²) >= 11 is 0. The fourth-order valence-corrected chi connectivity index (χ4v) is 10.3. The van der Waals surface area contributed by atoms with Gasteiger partial charge in [-0.2, -0.15) is 0 Å². The topological polar surface area (TPSA) is 78.9 Å².